The van der Waals surface area contributed by atoms with Gasteiger partial charge in [0.1, 0.15) is 0 Å². The Morgan fingerprint density at radius 1 is 1.32 bits per heavy atom. The van der Waals surface area contributed by atoms with Crippen LogP contribution in [0.5, 0.6) is 0 Å². The van der Waals surface area contributed by atoms with Crippen LogP contribution in [0.4, 0.5) is 5.13 Å². The minimum Gasteiger partial charge on any atom is -0.358 e. The quantitative estimate of drug-likeness (QED) is 0.531. The number of benzene rings is 1. The van der Waals surface area contributed by atoms with Crippen LogP contribution in [0, 0.1) is 44.6 Å². The van der Waals surface area contributed by atoms with Gasteiger partial charge in [0.05, 0.1) is 4.88 Å². The Kier molecular flexibility index (Phi) is 6.21. The van der Waals surface area contributed by atoms with Gasteiger partial charge in [0, 0.05) is 0 Å². The Balaban J connectivity index is 0.000000902. The third-order valence-corrected chi connectivity index (χ3v) is 3.99. The molecule has 0 fully saturated rings. The minimum absolute atomic E-state index is 0. The Bertz CT molecular complexity index is 631. The number of anilines is 1. The Labute approximate surface area is 143 Å². The number of rotatable bonds is 2. The fourth-order valence-electron chi connectivity index (χ4n) is 1.43. The summed E-state index contributed by atoms with van der Waals surface area (Å²) in [6, 6.07) is 12.4. The van der Waals surface area contributed by atoms with Crippen molar-refractivity contribution in [1.82, 2.24) is 4.98 Å². The van der Waals surface area contributed by atoms with E-state index in [-0.39, 0.29) is 44.4 Å². The second kappa shape index (κ2) is 7.20. The zero-order chi connectivity index (χ0) is 11.7. The van der Waals surface area contributed by atoms with E-state index in [1.807, 2.05) is 29.6 Å². The van der Waals surface area contributed by atoms with Crippen LogP contribution in [0.3, 0.4) is 0 Å². The largest absolute Gasteiger partial charge is 2.00 e. The topological polar surface area (TPSA) is 42.0 Å². The maximum Gasteiger partial charge on any atom is 2.00 e. The molecule has 2 heterocycles. The molecule has 0 bridgehead atoms. The first-order valence-electron chi connectivity index (χ1n) is 4.95. The van der Waals surface area contributed by atoms with Crippen molar-refractivity contribution < 1.29 is 35.9 Å². The van der Waals surface area contributed by atoms with Crippen molar-refractivity contribution in [2.24, 2.45) is 0 Å². The summed E-state index contributed by atoms with van der Waals surface area (Å²) in [5.41, 5.74) is 0.791. The van der Waals surface area contributed by atoms with Crippen molar-refractivity contribution in [2.45, 2.75) is 0 Å². The predicted octanol–water partition coefficient (Wildman–Crippen LogP) is 3.86. The van der Waals surface area contributed by atoms with Gasteiger partial charge in [-0.3, -0.25) is 10.1 Å². The van der Waals surface area contributed by atoms with Crippen LogP contribution in [-0.4, -0.2) is 10.9 Å². The fourth-order valence-corrected chi connectivity index (χ4v) is 2.89. The van der Waals surface area contributed by atoms with E-state index in [0.717, 1.165) is 10.2 Å². The molecule has 1 aromatic carbocycles. The number of carbonyl (C=O) groups excluding carboxylic acids is 1. The monoisotopic (exact) mass is 512 g/mol. The number of thiazole rings is 1. The second-order valence-corrected chi connectivity index (χ2v) is 5.31. The van der Waals surface area contributed by atoms with Gasteiger partial charge in [-0.05, 0) is 17.0 Å². The number of para-hydroxylation sites is 1. The molecule has 0 aliphatic carbocycles. The molecule has 0 saturated carbocycles. The Morgan fingerprint density at radius 3 is 2.84 bits per heavy atom. The molecule has 19 heavy (non-hydrogen) atoms. The van der Waals surface area contributed by atoms with E-state index < -0.39 is 0 Å². The number of hydrogen-bond acceptors (Lipinski definition) is 4. The number of thiophene rings is 1. The maximum atomic E-state index is 11.8. The molecule has 0 spiro atoms. The fraction of sp³-hybridized carbons (Fsp3) is 0. The van der Waals surface area contributed by atoms with Crippen molar-refractivity contribution in [3.8, 4) is 0 Å². The van der Waals surface area contributed by atoms with E-state index in [1.54, 1.807) is 6.07 Å². The van der Waals surface area contributed by atoms with Crippen LogP contribution in [0.15, 0.2) is 35.7 Å². The molecule has 0 radical (unpaired) electrons. The maximum absolute atomic E-state index is 11.8. The molecule has 3 rings (SSSR count). The van der Waals surface area contributed by atoms with E-state index in [0.29, 0.717) is 10.0 Å². The van der Waals surface area contributed by atoms with Gasteiger partial charge < -0.3 is 7.43 Å². The van der Waals surface area contributed by atoms with E-state index in [2.05, 4.69) is 16.4 Å². The summed E-state index contributed by atoms with van der Waals surface area (Å²) in [7, 11) is 0. The zero-order valence-electron chi connectivity index (χ0n) is 10.1. The van der Waals surface area contributed by atoms with Crippen LogP contribution < -0.4 is 5.32 Å². The number of amides is 1. The minimum atomic E-state index is -0.112. The molecule has 1 N–H and O–H groups in total. The van der Waals surface area contributed by atoms with E-state index in [1.165, 1.54) is 22.7 Å². The van der Waals surface area contributed by atoms with Gasteiger partial charge >= 0.3 is 31.1 Å². The summed E-state index contributed by atoms with van der Waals surface area (Å²) >= 11 is 2.87. The van der Waals surface area contributed by atoms with Crippen LogP contribution in [-0.2, 0) is 0 Å². The molecule has 94 valence electrons. The number of nitrogens with one attached hydrogen (secondary N) is 1. The van der Waals surface area contributed by atoms with Crippen molar-refractivity contribution >= 4 is 43.9 Å². The summed E-state index contributed by atoms with van der Waals surface area (Å²) in [4.78, 5) is 16.8. The Hall–Kier alpha value is -0.668. The van der Waals surface area contributed by atoms with Gasteiger partial charge in [-0.1, -0.05) is 10.8 Å². The van der Waals surface area contributed by atoms with Crippen LogP contribution >= 0.6 is 22.7 Å². The summed E-state index contributed by atoms with van der Waals surface area (Å²) in [5, 5.41) is 5.28. The standard InChI is InChI=1S/C12H7N2OS2.CH3.U/c15-11(10-6-3-7-16-10)14-12-13-8-4-1-2-5-9(8)17-12;;/h1-3,5-7H,(H,13,14,15);1H3;/q2*-1;+2. The number of nitrogens with zero attached hydrogens (tertiary/aromatic N) is 1. The number of carbonyl (C=O) groups is 1. The first-order valence-corrected chi connectivity index (χ1v) is 6.64. The van der Waals surface area contributed by atoms with E-state index in [9.17, 15) is 4.79 Å². The van der Waals surface area contributed by atoms with Crippen LogP contribution in [0.2, 0.25) is 0 Å². The van der Waals surface area contributed by atoms with Gasteiger partial charge in [0.15, 0.2) is 5.13 Å². The smallest absolute Gasteiger partial charge is 0.358 e. The van der Waals surface area contributed by atoms with Crippen LogP contribution in [0.25, 0.3) is 10.2 Å². The van der Waals surface area contributed by atoms with E-state index >= 15 is 0 Å². The molecular weight excluding hydrogens is 502 g/mol. The molecule has 6 heteroatoms. The molecule has 1 amide bonds. The zero-order valence-corrected chi connectivity index (χ0v) is 15.9. The molecule has 2 aromatic heterocycles. The molecule has 0 unspecified atom stereocenters. The van der Waals surface area contributed by atoms with Crippen molar-refractivity contribution in [1.29, 1.82) is 0 Å². The second-order valence-electron chi connectivity index (χ2n) is 3.33. The average molecular weight is 512 g/mol. The molecule has 0 atom stereocenters. The summed E-state index contributed by atoms with van der Waals surface area (Å²) < 4.78 is 1.02. The third kappa shape index (κ3) is 3.67. The van der Waals surface area contributed by atoms with Crippen LogP contribution in [0.1, 0.15) is 9.67 Å². The van der Waals surface area contributed by atoms with Gasteiger partial charge in [-0.15, -0.1) is 11.3 Å². The normalized spacial score (nSPS) is 9.47. The molecule has 3 nitrogen and oxygen atoms in total. The van der Waals surface area contributed by atoms with E-state index in [4.69, 9.17) is 0 Å². The summed E-state index contributed by atoms with van der Waals surface area (Å²) in [6.45, 7) is 0. The molecule has 0 aliphatic heterocycles. The van der Waals surface area contributed by atoms with Crippen molar-refractivity contribution in [3.05, 3.63) is 54.1 Å². The first kappa shape index (κ1) is 16.4. The Morgan fingerprint density at radius 2 is 2.16 bits per heavy atom. The van der Waals surface area contributed by atoms with Gasteiger partial charge in [-0.2, -0.15) is 35.6 Å². The molecular formula is C13H10N2OS2U. The molecule has 3 aromatic rings. The van der Waals surface area contributed by atoms with Crippen molar-refractivity contribution in [3.63, 3.8) is 0 Å². The summed E-state index contributed by atoms with van der Waals surface area (Å²) in [5.74, 6) is -0.112. The summed E-state index contributed by atoms with van der Waals surface area (Å²) in [6.07, 6.45) is 0. The first-order chi connectivity index (χ1) is 8.33. The number of aromatic nitrogens is 1. The SMILES string of the molecule is O=C(Nc1nc2[c-]cccc2s1)c1cccs1.[CH3-].[U+2]. The number of fused-ring (bicyclic) bond motifs is 1. The number of hydrogen-bond donors (Lipinski definition) is 1. The van der Waals surface area contributed by atoms with Gasteiger partial charge in [0.25, 0.3) is 5.91 Å². The third-order valence-electron chi connectivity index (χ3n) is 2.18. The molecule has 0 aliphatic rings. The predicted molar refractivity (Wildman–Crippen MR) is 77.1 cm³/mol. The molecule has 0 saturated heterocycles. The van der Waals surface area contributed by atoms with Gasteiger partial charge in [-0.25, -0.2) is 4.98 Å². The van der Waals surface area contributed by atoms with Crippen molar-refractivity contribution in [2.75, 3.05) is 5.32 Å². The van der Waals surface area contributed by atoms with Gasteiger partial charge in [0.2, 0.25) is 0 Å². The average Bonchev–Trinajstić information content (AvgIpc) is 2.97.